The van der Waals surface area contributed by atoms with E-state index in [1.54, 1.807) is 0 Å². The second-order valence-electron chi connectivity index (χ2n) is 6.70. The van der Waals surface area contributed by atoms with E-state index in [-0.39, 0.29) is 28.5 Å². The molecule has 5 aromatic heterocycles. The average molecular weight is 465 g/mol. The number of hydrogen-bond acceptors (Lipinski definition) is 8. The van der Waals surface area contributed by atoms with E-state index in [1.165, 1.54) is 53.8 Å². The zero-order valence-corrected chi connectivity index (χ0v) is 16.7. The fraction of sp³-hybridized carbons (Fsp3) is 0.0526. The number of aromatic nitrogens is 9. The summed E-state index contributed by atoms with van der Waals surface area (Å²) in [5.41, 5.74) is -1.98. The van der Waals surface area contributed by atoms with Crippen molar-refractivity contribution in [3.63, 3.8) is 0 Å². The quantitative estimate of drug-likeness (QED) is 0.425. The third kappa shape index (κ3) is 3.48. The summed E-state index contributed by atoms with van der Waals surface area (Å²) in [5, 5.41) is 23.2. The summed E-state index contributed by atoms with van der Waals surface area (Å²) in [5.74, 6) is -1.22. The molecule has 1 amide bonds. The third-order valence-electron chi connectivity index (χ3n) is 4.63. The van der Waals surface area contributed by atoms with Gasteiger partial charge in [0.15, 0.2) is 23.0 Å². The van der Waals surface area contributed by atoms with Crippen LogP contribution >= 0.6 is 0 Å². The number of nitrogens with one attached hydrogen (secondary N) is 1. The van der Waals surface area contributed by atoms with Crippen LogP contribution in [0.5, 0.6) is 0 Å². The first kappa shape index (κ1) is 20.8. The number of halogens is 3. The predicted molar refractivity (Wildman–Crippen MR) is 107 cm³/mol. The molecule has 0 saturated heterocycles. The van der Waals surface area contributed by atoms with Gasteiger partial charge in [-0.3, -0.25) is 4.79 Å². The van der Waals surface area contributed by atoms with Gasteiger partial charge in [0.05, 0.1) is 36.0 Å². The summed E-state index contributed by atoms with van der Waals surface area (Å²) >= 11 is 0. The van der Waals surface area contributed by atoms with Crippen molar-refractivity contribution in [3.05, 3.63) is 72.5 Å². The molecule has 12 nitrogen and oxygen atoms in total. The van der Waals surface area contributed by atoms with E-state index >= 15 is 0 Å². The molecule has 0 unspecified atom stereocenters. The molecular weight excluding hydrogens is 455 g/mol. The average Bonchev–Trinajstić information content (AvgIpc) is 3.58. The second kappa shape index (κ2) is 7.78. The number of anilines is 1. The zero-order chi connectivity index (χ0) is 23.9. The smallest absolute Gasteiger partial charge is 0.320 e. The monoisotopic (exact) mass is 465 g/mol. The molecule has 0 aromatic carbocycles. The van der Waals surface area contributed by atoms with Gasteiger partial charge >= 0.3 is 6.18 Å². The maximum Gasteiger partial charge on any atom is 0.434 e. The number of pyridine rings is 1. The van der Waals surface area contributed by atoms with Crippen LogP contribution in [0.3, 0.4) is 0 Å². The first-order valence-corrected chi connectivity index (χ1v) is 9.38. The third-order valence-corrected chi connectivity index (χ3v) is 4.63. The van der Waals surface area contributed by atoms with Crippen molar-refractivity contribution in [1.29, 1.82) is 5.26 Å². The summed E-state index contributed by atoms with van der Waals surface area (Å²) in [6.45, 7) is 0. The number of carbonyl (C=O) groups excluding carboxylic acids is 1. The van der Waals surface area contributed by atoms with Crippen LogP contribution in [0.1, 0.15) is 21.6 Å². The molecule has 0 bridgehead atoms. The zero-order valence-electron chi connectivity index (χ0n) is 16.7. The van der Waals surface area contributed by atoms with Crippen molar-refractivity contribution in [2.75, 3.05) is 5.32 Å². The van der Waals surface area contributed by atoms with Gasteiger partial charge in [0, 0.05) is 24.8 Å². The Morgan fingerprint density at radius 2 is 1.71 bits per heavy atom. The van der Waals surface area contributed by atoms with E-state index in [4.69, 9.17) is 0 Å². The van der Waals surface area contributed by atoms with Crippen molar-refractivity contribution >= 4 is 17.2 Å². The highest BCUT2D eigenvalue weighted by Gasteiger charge is 2.41. The highest BCUT2D eigenvalue weighted by atomic mass is 19.4. The van der Waals surface area contributed by atoms with Crippen LogP contribution in [0.4, 0.5) is 18.9 Å². The molecular formula is C19H10F3N11O. The summed E-state index contributed by atoms with van der Waals surface area (Å²) in [6.07, 6.45) is 5.50. The van der Waals surface area contributed by atoms with Crippen molar-refractivity contribution in [2.45, 2.75) is 6.18 Å². The van der Waals surface area contributed by atoms with Gasteiger partial charge in [-0.25, -0.2) is 19.6 Å². The number of carbonyl (C=O) groups is 1. The van der Waals surface area contributed by atoms with Crippen molar-refractivity contribution in [3.8, 4) is 17.7 Å². The molecule has 0 saturated carbocycles. The molecule has 34 heavy (non-hydrogen) atoms. The lowest BCUT2D eigenvalue weighted by Crippen LogP contribution is -2.21. The molecule has 0 aliphatic carbocycles. The van der Waals surface area contributed by atoms with Gasteiger partial charge in [-0.15, -0.1) is 4.80 Å². The van der Waals surface area contributed by atoms with Crippen LogP contribution in [0, 0.1) is 11.3 Å². The molecule has 0 atom stereocenters. The van der Waals surface area contributed by atoms with Crippen LogP contribution in [0.15, 0.2) is 55.6 Å². The van der Waals surface area contributed by atoms with Gasteiger partial charge in [0.25, 0.3) is 5.91 Å². The molecule has 15 heteroatoms. The van der Waals surface area contributed by atoms with Crippen LogP contribution in [-0.4, -0.2) is 50.0 Å². The molecule has 5 rings (SSSR count). The van der Waals surface area contributed by atoms with E-state index in [9.17, 15) is 23.2 Å². The lowest BCUT2D eigenvalue weighted by molar-refractivity contribution is -0.143. The maximum absolute atomic E-state index is 14.0. The first-order valence-electron chi connectivity index (χ1n) is 9.38. The number of amides is 1. The molecule has 0 radical (unpaired) electrons. The van der Waals surface area contributed by atoms with Crippen LogP contribution in [-0.2, 0) is 6.18 Å². The van der Waals surface area contributed by atoms with E-state index < -0.39 is 23.3 Å². The summed E-state index contributed by atoms with van der Waals surface area (Å²) in [4.78, 5) is 25.9. The molecule has 168 valence electrons. The molecule has 0 spiro atoms. The normalized spacial score (nSPS) is 11.5. The topological polar surface area (TPSA) is 144 Å². The Balaban J connectivity index is 1.53. The fourth-order valence-corrected chi connectivity index (χ4v) is 3.23. The molecule has 0 fully saturated rings. The van der Waals surface area contributed by atoms with Crippen molar-refractivity contribution < 1.29 is 18.0 Å². The maximum atomic E-state index is 14.0. The minimum absolute atomic E-state index is 0.00377. The van der Waals surface area contributed by atoms with E-state index in [2.05, 4.69) is 35.6 Å². The number of nitriles is 1. The number of imidazole rings is 1. The summed E-state index contributed by atoms with van der Waals surface area (Å²) < 4.78 is 44.0. The van der Waals surface area contributed by atoms with Gasteiger partial charge in [0.1, 0.15) is 11.6 Å². The molecule has 1 N–H and O–H groups in total. The largest absolute Gasteiger partial charge is 0.434 e. The van der Waals surface area contributed by atoms with Crippen LogP contribution < -0.4 is 5.32 Å². The minimum atomic E-state index is -4.95. The Hall–Kier alpha value is -5.13. The Morgan fingerprint density at radius 1 is 0.971 bits per heavy atom. The summed E-state index contributed by atoms with van der Waals surface area (Å²) in [7, 11) is 0. The van der Waals surface area contributed by atoms with Gasteiger partial charge < -0.3 is 9.72 Å². The number of rotatable bonds is 4. The highest BCUT2D eigenvalue weighted by molar-refractivity contribution is 6.05. The van der Waals surface area contributed by atoms with Crippen molar-refractivity contribution in [2.24, 2.45) is 0 Å². The fourth-order valence-electron chi connectivity index (χ4n) is 3.23. The lowest BCUT2D eigenvalue weighted by Gasteiger charge is -2.13. The Labute approximate surface area is 186 Å². The van der Waals surface area contributed by atoms with Gasteiger partial charge in [-0.1, -0.05) is 0 Å². The van der Waals surface area contributed by atoms with E-state index in [0.717, 1.165) is 11.0 Å². The Bertz CT molecular complexity index is 1560. The van der Waals surface area contributed by atoms with E-state index in [1.807, 2.05) is 6.07 Å². The molecule has 5 heterocycles. The Kier molecular flexibility index (Phi) is 4.75. The van der Waals surface area contributed by atoms with Gasteiger partial charge in [-0.2, -0.15) is 33.7 Å². The Morgan fingerprint density at radius 3 is 2.41 bits per heavy atom. The number of hydrogen-bond donors (Lipinski definition) is 1. The first-order chi connectivity index (χ1) is 16.4. The number of nitrogens with zero attached hydrogens (tertiary/aromatic N) is 10. The van der Waals surface area contributed by atoms with Crippen LogP contribution in [0.2, 0.25) is 0 Å². The van der Waals surface area contributed by atoms with Crippen molar-refractivity contribution in [1.82, 2.24) is 44.1 Å². The molecule has 0 aliphatic heterocycles. The van der Waals surface area contributed by atoms with Gasteiger partial charge in [-0.05, 0) is 6.07 Å². The number of fused-ring (bicyclic) bond motifs is 1. The second-order valence-corrected chi connectivity index (χ2v) is 6.70. The standard InChI is InChI=1S/C19H10F3N11O/c20-19(21,22)14-13(10-29-32(14)17-16-24-3-5-31(16)6-4-25-17)18(34)30-12-7-11(8-23)15(26-9-12)33-27-1-2-28-33/h1-7,9-10H,(H,30,34). The van der Waals surface area contributed by atoms with Crippen LogP contribution in [0.25, 0.3) is 17.3 Å². The molecule has 0 aliphatic rings. The lowest BCUT2D eigenvalue weighted by atomic mass is 10.2. The number of alkyl halides is 3. The summed E-state index contributed by atoms with van der Waals surface area (Å²) in [6, 6.07) is 3.13. The molecule has 5 aromatic rings. The highest BCUT2D eigenvalue weighted by Crippen LogP contribution is 2.34. The predicted octanol–water partition coefficient (Wildman–Crippen LogP) is 2.03. The van der Waals surface area contributed by atoms with Gasteiger partial charge in [0.2, 0.25) is 0 Å². The minimum Gasteiger partial charge on any atom is -0.320 e. The van der Waals surface area contributed by atoms with E-state index in [0.29, 0.717) is 4.68 Å². The SMILES string of the molecule is N#Cc1cc(NC(=O)c2cnn(-c3nccn4ccnc34)c2C(F)(F)F)cnc1-n1nccn1.